The molecule has 1 aliphatic rings. The number of piperidine rings is 1. The van der Waals surface area contributed by atoms with Gasteiger partial charge in [-0.3, -0.25) is 14.6 Å². The summed E-state index contributed by atoms with van der Waals surface area (Å²) in [6, 6.07) is 7.37. The standard InChI is InChI=1S/C24H26ClN3O4S/c1-15-6-7-18(23(29)27(2)13-17-5-4-12-32-17)20(26-15)16-8-10-28(11-9-16)24(30)19-14-33-22(25)21(19)31-3/h4-7,12,14,16H,8-11,13H2,1-3H3. The van der Waals surface area contributed by atoms with Gasteiger partial charge in [0.15, 0.2) is 5.75 Å². The molecule has 0 saturated carbocycles. The number of hydrogen-bond donors (Lipinski definition) is 0. The zero-order valence-corrected chi connectivity index (χ0v) is 20.4. The highest BCUT2D eigenvalue weighted by Crippen LogP contribution is 2.37. The first-order valence-corrected chi connectivity index (χ1v) is 12.0. The van der Waals surface area contributed by atoms with Gasteiger partial charge in [0.2, 0.25) is 0 Å². The molecule has 9 heteroatoms. The van der Waals surface area contributed by atoms with Crippen LogP contribution in [0.25, 0.3) is 0 Å². The minimum atomic E-state index is -0.0925. The molecule has 0 aliphatic carbocycles. The topological polar surface area (TPSA) is 75.9 Å². The number of hydrogen-bond acceptors (Lipinski definition) is 6. The van der Waals surface area contributed by atoms with Crippen LogP contribution < -0.4 is 4.74 Å². The van der Waals surface area contributed by atoms with Crippen LogP contribution in [0.2, 0.25) is 4.34 Å². The Hall–Kier alpha value is -2.84. The molecule has 4 rings (SSSR count). The molecule has 3 aromatic rings. The quantitative estimate of drug-likeness (QED) is 0.489. The monoisotopic (exact) mass is 487 g/mol. The van der Waals surface area contributed by atoms with E-state index in [9.17, 15) is 9.59 Å². The van der Waals surface area contributed by atoms with Crippen molar-refractivity contribution in [1.82, 2.24) is 14.8 Å². The second kappa shape index (κ2) is 9.97. The molecule has 1 aliphatic heterocycles. The molecule has 0 bridgehead atoms. The fraction of sp³-hybridized carbons (Fsp3) is 0.375. The smallest absolute Gasteiger partial charge is 0.258 e. The summed E-state index contributed by atoms with van der Waals surface area (Å²) in [7, 11) is 3.27. The first-order valence-electron chi connectivity index (χ1n) is 10.7. The van der Waals surface area contributed by atoms with Gasteiger partial charge >= 0.3 is 0 Å². The van der Waals surface area contributed by atoms with E-state index in [-0.39, 0.29) is 17.7 Å². The fourth-order valence-corrected chi connectivity index (χ4v) is 5.21. The van der Waals surface area contributed by atoms with Crippen molar-refractivity contribution in [2.45, 2.75) is 32.2 Å². The molecular weight excluding hydrogens is 462 g/mol. The SMILES string of the molecule is COc1c(C(=O)N2CCC(c3nc(C)ccc3C(=O)N(C)Cc3ccco3)CC2)csc1Cl. The molecule has 1 fully saturated rings. The van der Waals surface area contributed by atoms with E-state index in [1.54, 1.807) is 29.7 Å². The van der Waals surface area contributed by atoms with Crippen LogP contribution in [0, 0.1) is 6.92 Å². The van der Waals surface area contributed by atoms with Crippen LogP contribution in [-0.2, 0) is 6.54 Å². The molecule has 0 radical (unpaired) electrons. The predicted octanol–water partition coefficient (Wildman–Crippen LogP) is 5.00. The van der Waals surface area contributed by atoms with Gasteiger partial charge in [-0.2, -0.15) is 0 Å². The molecule has 0 unspecified atom stereocenters. The lowest BCUT2D eigenvalue weighted by atomic mass is 9.89. The molecule has 4 heterocycles. The van der Waals surface area contributed by atoms with Gasteiger partial charge in [0.25, 0.3) is 11.8 Å². The highest BCUT2D eigenvalue weighted by Gasteiger charge is 2.31. The summed E-state index contributed by atoms with van der Waals surface area (Å²) < 4.78 is 11.2. The molecule has 33 heavy (non-hydrogen) atoms. The maximum Gasteiger partial charge on any atom is 0.258 e. The largest absolute Gasteiger partial charge is 0.493 e. The number of furan rings is 1. The molecule has 0 spiro atoms. The van der Waals surface area contributed by atoms with Crippen molar-refractivity contribution in [1.29, 1.82) is 0 Å². The first kappa shape index (κ1) is 23.3. The van der Waals surface area contributed by atoms with Crippen molar-refractivity contribution in [2.75, 3.05) is 27.2 Å². The third-order valence-electron chi connectivity index (χ3n) is 5.92. The number of carbonyl (C=O) groups excluding carboxylic acids is 2. The number of amides is 2. The van der Waals surface area contributed by atoms with Gasteiger partial charge in [-0.15, -0.1) is 11.3 Å². The third-order valence-corrected chi connectivity index (χ3v) is 7.11. The fourth-order valence-electron chi connectivity index (χ4n) is 4.17. The van der Waals surface area contributed by atoms with Crippen molar-refractivity contribution in [3.63, 3.8) is 0 Å². The Bertz CT molecular complexity index is 1140. The van der Waals surface area contributed by atoms with E-state index < -0.39 is 0 Å². The highest BCUT2D eigenvalue weighted by molar-refractivity contribution is 7.15. The van der Waals surface area contributed by atoms with E-state index in [0.29, 0.717) is 40.8 Å². The number of aryl methyl sites for hydroxylation is 1. The van der Waals surface area contributed by atoms with Crippen LogP contribution in [-0.4, -0.2) is 53.8 Å². The first-order chi connectivity index (χ1) is 15.9. The van der Waals surface area contributed by atoms with Gasteiger partial charge < -0.3 is 19.0 Å². The summed E-state index contributed by atoms with van der Waals surface area (Å²) in [4.78, 5) is 34.4. The normalized spacial score (nSPS) is 14.4. The van der Waals surface area contributed by atoms with Crippen LogP contribution in [0.15, 0.2) is 40.3 Å². The molecule has 7 nitrogen and oxygen atoms in total. The number of halogens is 1. The predicted molar refractivity (Wildman–Crippen MR) is 127 cm³/mol. The Morgan fingerprint density at radius 1 is 1.27 bits per heavy atom. The Kier molecular flexibility index (Phi) is 7.05. The zero-order valence-electron chi connectivity index (χ0n) is 18.8. The van der Waals surface area contributed by atoms with Crippen molar-refractivity contribution in [2.24, 2.45) is 0 Å². The summed E-state index contributed by atoms with van der Waals surface area (Å²) in [5.41, 5.74) is 2.77. The molecule has 2 amide bonds. The van der Waals surface area contributed by atoms with E-state index >= 15 is 0 Å². The van der Waals surface area contributed by atoms with Crippen molar-refractivity contribution in [3.05, 3.63) is 68.5 Å². The van der Waals surface area contributed by atoms with Crippen LogP contribution >= 0.6 is 22.9 Å². The lowest BCUT2D eigenvalue weighted by molar-refractivity contribution is 0.0703. The molecular formula is C24H26ClN3O4S. The van der Waals surface area contributed by atoms with Crippen LogP contribution in [0.4, 0.5) is 0 Å². The van der Waals surface area contributed by atoms with Crippen LogP contribution in [0.5, 0.6) is 5.75 Å². The lowest BCUT2D eigenvalue weighted by Gasteiger charge is -2.32. The zero-order chi connectivity index (χ0) is 23.5. The van der Waals surface area contributed by atoms with Crippen molar-refractivity contribution < 1.29 is 18.7 Å². The number of pyridine rings is 1. The third kappa shape index (κ3) is 4.91. The van der Waals surface area contributed by atoms with E-state index in [0.717, 1.165) is 30.0 Å². The molecule has 0 atom stereocenters. The number of rotatable bonds is 6. The maximum absolute atomic E-state index is 13.2. The average molecular weight is 488 g/mol. The lowest BCUT2D eigenvalue weighted by Crippen LogP contribution is -2.38. The number of nitrogens with zero attached hydrogens (tertiary/aromatic N) is 3. The molecule has 1 saturated heterocycles. The van der Waals surface area contributed by atoms with Gasteiger partial charge in [-0.25, -0.2) is 0 Å². The summed E-state index contributed by atoms with van der Waals surface area (Å²) in [6.07, 6.45) is 3.05. The van der Waals surface area contributed by atoms with Gasteiger partial charge in [0.1, 0.15) is 10.1 Å². The number of thiophene rings is 1. The minimum absolute atomic E-state index is 0.0832. The Morgan fingerprint density at radius 2 is 2.03 bits per heavy atom. The van der Waals surface area contributed by atoms with E-state index in [1.165, 1.54) is 18.4 Å². The van der Waals surface area contributed by atoms with Gasteiger partial charge in [0, 0.05) is 37.1 Å². The van der Waals surface area contributed by atoms with E-state index in [2.05, 4.69) is 0 Å². The highest BCUT2D eigenvalue weighted by atomic mass is 35.5. The van der Waals surface area contributed by atoms with Gasteiger partial charge in [-0.05, 0) is 44.0 Å². The minimum Gasteiger partial charge on any atom is -0.493 e. The molecule has 0 N–H and O–H groups in total. The van der Waals surface area contributed by atoms with Crippen molar-refractivity contribution >= 4 is 34.8 Å². The summed E-state index contributed by atoms with van der Waals surface area (Å²) in [5.74, 6) is 1.08. The van der Waals surface area contributed by atoms with Gasteiger partial charge in [0.05, 0.1) is 36.7 Å². The second-order valence-corrected chi connectivity index (χ2v) is 9.63. The second-order valence-electron chi connectivity index (χ2n) is 8.15. The van der Waals surface area contributed by atoms with Crippen molar-refractivity contribution in [3.8, 4) is 5.75 Å². The summed E-state index contributed by atoms with van der Waals surface area (Å²) >= 11 is 7.43. The number of ether oxygens (including phenoxy) is 1. The Labute approximate surface area is 201 Å². The number of aromatic nitrogens is 1. The molecule has 174 valence electrons. The van der Waals surface area contributed by atoms with Crippen LogP contribution in [0.1, 0.15) is 56.6 Å². The van der Waals surface area contributed by atoms with E-state index in [4.69, 9.17) is 25.7 Å². The van der Waals surface area contributed by atoms with Crippen LogP contribution in [0.3, 0.4) is 0 Å². The Morgan fingerprint density at radius 3 is 2.70 bits per heavy atom. The van der Waals surface area contributed by atoms with Gasteiger partial charge in [-0.1, -0.05) is 11.6 Å². The Balaban J connectivity index is 1.48. The maximum atomic E-state index is 13.2. The summed E-state index contributed by atoms with van der Waals surface area (Å²) in [5, 5.41) is 1.74. The van der Waals surface area contributed by atoms with E-state index in [1.807, 2.05) is 30.0 Å². The number of carbonyl (C=O) groups is 2. The average Bonchev–Trinajstić information content (AvgIpc) is 3.47. The molecule has 3 aromatic heterocycles. The number of methoxy groups -OCH3 is 1. The number of likely N-dealkylation sites (tertiary alicyclic amines) is 1. The summed E-state index contributed by atoms with van der Waals surface area (Å²) in [6.45, 7) is 3.46. The molecule has 0 aromatic carbocycles.